The number of carbonyl (C=O) groups is 3. The molecule has 0 unspecified atom stereocenters. The first-order valence-electron chi connectivity index (χ1n) is 4.60. The molecular weight excluding hydrogens is 230 g/mol. The molecule has 0 radical (unpaired) electrons. The van der Waals surface area contributed by atoms with E-state index in [2.05, 4.69) is 11.9 Å². The van der Waals surface area contributed by atoms with Gasteiger partial charge in [-0.15, -0.1) is 0 Å². The molecule has 0 aromatic rings. The number of ether oxygens (including phenoxy) is 1. The molecule has 0 spiro atoms. The second kappa shape index (κ2) is 7.93. The van der Waals surface area contributed by atoms with Crippen molar-refractivity contribution in [3.63, 3.8) is 0 Å². The summed E-state index contributed by atoms with van der Waals surface area (Å²) < 4.78 is 4.70. The van der Waals surface area contributed by atoms with E-state index in [9.17, 15) is 14.4 Å². The van der Waals surface area contributed by atoms with Crippen LogP contribution in [-0.4, -0.2) is 31.2 Å². The number of urea groups is 2. The van der Waals surface area contributed by atoms with Gasteiger partial charge in [0.1, 0.15) is 6.61 Å². The Morgan fingerprint density at radius 3 is 2.35 bits per heavy atom. The summed E-state index contributed by atoms with van der Waals surface area (Å²) in [5.74, 6) is 4.21. The number of carbonyl (C=O) groups excluding carboxylic acids is 3. The number of hydrogen-bond acceptors (Lipinski definition) is 5. The smallest absolute Gasteiger partial charge is 0.347 e. The Morgan fingerprint density at radius 1 is 1.24 bits per heavy atom. The molecule has 17 heavy (non-hydrogen) atoms. The third-order valence-corrected chi connectivity index (χ3v) is 1.39. The summed E-state index contributed by atoms with van der Waals surface area (Å²) in [5.41, 5.74) is 5.95. The minimum absolute atomic E-state index is 0.00218. The Kier molecular flexibility index (Phi) is 6.86. The molecule has 9 heteroatoms. The molecule has 0 bridgehead atoms. The van der Waals surface area contributed by atoms with Crippen LogP contribution in [0.25, 0.3) is 0 Å². The predicted octanol–water partition coefficient (Wildman–Crippen LogP) is -1.51. The van der Waals surface area contributed by atoms with Crippen molar-refractivity contribution >= 4 is 18.0 Å². The van der Waals surface area contributed by atoms with E-state index in [0.29, 0.717) is 0 Å². The fourth-order valence-electron chi connectivity index (χ4n) is 0.625. The van der Waals surface area contributed by atoms with Crippen molar-refractivity contribution < 1.29 is 19.1 Å². The van der Waals surface area contributed by atoms with Crippen molar-refractivity contribution in [1.82, 2.24) is 21.6 Å². The van der Waals surface area contributed by atoms with Crippen LogP contribution in [0.5, 0.6) is 0 Å². The Bertz CT molecular complexity index is 317. The largest absolute Gasteiger partial charge is 0.460 e. The fraction of sp³-hybridized carbons (Fsp3) is 0.375. The Labute approximate surface area is 97.7 Å². The van der Waals surface area contributed by atoms with Gasteiger partial charge in [0.25, 0.3) is 0 Å². The van der Waals surface area contributed by atoms with E-state index in [-0.39, 0.29) is 18.7 Å². The Morgan fingerprint density at radius 2 is 1.82 bits per heavy atom. The molecule has 4 amide bonds. The van der Waals surface area contributed by atoms with Crippen molar-refractivity contribution in [3.05, 3.63) is 12.2 Å². The van der Waals surface area contributed by atoms with E-state index in [0.717, 1.165) is 0 Å². The maximum Gasteiger partial charge on any atom is 0.347 e. The molecule has 0 aromatic heterocycles. The zero-order chi connectivity index (χ0) is 13.3. The first-order chi connectivity index (χ1) is 7.97. The summed E-state index contributed by atoms with van der Waals surface area (Å²) in [6, 6.07) is -1.44. The zero-order valence-electron chi connectivity index (χ0n) is 9.33. The van der Waals surface area contributed by atoms with E-state index < -0.39 is 18.0 Å². The highest BCUT2D eigenvalue weighted by Crippen LogP contribution is 1.90. The Balaban J connectivity index is 3.55. The van der Waals surface area contributed by atoms with Crippen molar-refractivity contribution in [2.24, 2.45) is 5.84 Å². The summed E-state index contributed by atoms with van der Waals surface area (Å²) >= 11 is 0. The minimum Gasteiger partial charge on any atom is -0.460 e. The number of hydrazine groups is 2. The third kappa shape index (κ3) is 7.62. The van der Waals surface area contributed by atoms with Crippen molar-refractivity contribution in [3.8, 4) is 0 Å². The predicted molar refractivity (Wildman–Crippen MR) is 58.2 cm³/mol. The van der Waals surface area contributed by atoms with E-state index in [4.69, 9.17) is 10.6 Å². The summed E-state index contributed by atoms with van der Waals surface area (Å²) in [6.07, 6.45) is 0. The van der Waals surface area contributed by atoms with Crippen LogP contribution >= 0.6 is 0 Å². The average Bonchev–Trinajstić information content (AvgIpc) is 2.30. The van der Waals surface area contributed by atoms with E-state index in [1.807, 2.05) is 10.9 Å². The van der Waals surface area contributed by atoms with Crippen LogP contribution in [0.3, 0.4) is 0 Å². The molecule has 0 rings (SSSR count). The first-order valence-corrected chi connectivity index (χ1v) is 4.60. The summed E-state index contributed by atoms with van der Waals surface area (Å²) in [7, 11) is 0. The van der Waals surface area contributed by atoms with E-state index in [1.54, 1.807) is 5.43 Å². The van der Waals surface area contributed by atoms with Gasteiger partial charge in [0.2, 0.25) is 0 Å². The highest BCUT2D eigenvalue weighted by Gasteiger charge is 2.04. The van der Waals surface area contributed by atoms with Gasteiger partial charge in [0, 0.05) is 5.57 Å². The number of nitrogens with one attached hydrogen (secondary N) is 4. The number of nitrogens with two attached hydrogens (primary N) is 1. The number of esters is 1. The van der Waals surface area contributed by atoms with Crippen LogP contribution in [0.2, 0.25) is 0 Å². The summed E-state index contributed by atoms with van der Waals surface area (Å²) in [6.45, 7) is 4.99. The molecule has 0 aliphatic carbocycles. The lowest BCUT2D eigenvalue weighted by molar-refractivity contribution is -0.138. The molecule has 0 aliphatic rings. The van der Waals surface area contributed by atoms with Gasteiger partial charge in [0.15, 0.2) is 0 Å². The van der Waals surface area contributed by atoms with Gasteiger partial charge < -0.3 is 10.1 Å². The van der Waals surface area contributed by atoms with E-state index >= 15 is 0 Å². The van der Waals surface area contributed by atoms with Crippen LogP contribution in [0.4, 0.5) is 9.59 Å². The lowest BCUT2D eigenvalue weighted by Crippen LogP contribution is -2.52. The van der Waals surface area contributed by atoms with Crippen LogP contribution in [0.15, 0.2) is 12.2 Å². The first kappa shape index (κ1) is 14.7. The second-order valence-corrected chi connectivity index (χ2v) is 2.90. The van der Waals surface area contributed by atoms with Gasteiger partial charge in [0.05, 0.1) is 6.54 Å². The molecule has 0 atom stereocenters. The molecule has 0 heterocycles. The number of hydrogen-bond donors (Lipinski definition) is 5. The minimum atomic E-state index is -0.770. The standard InChI is InChI=1S/C8H15N5O4/c1-5(2)6(14)17-4-3-10-7(15)12-13-8(16)11-9/h1,3-4,9H2,2H3,(H2,10,12,15)(H2,11,13,16). The number of amides is 4. The third-order valence-electron chi connectivity index (χ3n) is 1.39. The van der Waals surface area contributed by atoms with Gasteiger partial charge in [-0.2, -0.15) is 0 Å². The fourth-order valence-corrected chi connectivity index (χ4v) is 0.625. The maximum absolute atomic E-state index is 11.0. The normalized spacial score (nSPS) is 8.82. The highest BCUT2D eigenvalue weighted by molar-refractivity contribution is 5.87. The molecule has 96 valence electrons. The summed E-state index contributed by atoms with van der Waals surface area (Å²) in [5, 5.41) is 2.32. The van der Waals surface area contributed by atoms with Crippen molar-refractivity contribution in [2.75, 3.05) is 13.2 Å². The molecule has 0 fully saturated rings. The SMILES string of the molecule is C=C(C)C(=O)OCCNC(=O)NNC(=O)NN. The number of rotatable bonds is 4. The van der Waals surface area contributed by atoms with Gasteiger partial charge >= 0.3 is 18.0 Å². The maximum atomic E-state index is 11.0. The zero-order valence-corrected chi connectivity index (χ0v) is 9.33. The molecule has 0 saturated heterocycles. The van der Waals surface area contributed by atoms with E-state index in [1.165, 1.54) is 6.92 Å². The van der Waals surface area contributed by atoms with Crippen LogP contribution in [0.1, 0.15) is 6.92 Å². The molecule has 0 aromatic carbocycles. The topological polar surface area (TPSA) is 135 Å². The van der Waals surface area contributed by atoms with Crippen LogP contribution < -0.4 is 27.4 Å². The van der Waals surface area contributed by atoms with Gasteiger partial charge in [-0.3, -0.25) is 5.43 Å². The quantitative estimate of drug-likeness (QED) is 0.102. The lowest BCUT2D eigenvalue weighted by Gasteiger charge is -2.08. The molecule has 9 nitrogen and oxygen atoms in total. The highest BCUT2D eigenvalue weighted by atomic mass is 16.5. The molecule has 0 saturated carbocycles. The van der Waals surface area contributed by atoms with Crippen molar-refractivity contribution in [1.29, 1.82) is 0 Å². The van der Waals surface area contributed by atoms with Crippen LogP contribution in [0, 0.1) is 0 Å². The molecular formula is C8H15N5O4. The van der Waals surface area contributed by atoms with Crippen LogP contribution in [-0.2, 0) is 9.53 Å². The summed E-state index contributed by atoms with van der Waals surface area (Å²) in [4.78, 5) is 32.4. The molecule has 6 N–H and O–H groups in total. The van der Waals surface area contributed by atoms with Crippen molar-refractivity contribution in [2.45, 2.75) is 6.92 Å². The monoisotopic (exact) mass is 245 g/mol. The lowest BCUT2D eigenvalue weighted by atomic mass is 10.4. The average molecular weight is 245 g/mol. The van der Waals surface area contributed by atoms with Gasteiger partial charge in [-0.05, 0) is 6.92 Å². The Hall–Kier alpha value is -2.29. The second-order valence-electron chi connectivity index (χ2n) is 2.90. The van der Waals surface area contributed by atoms with Gasteiger partial charge in [-0.1, -0.05) is 6.58 Å². The van der Waals surface area contributed by atoms with Gasteiger partial charge in [-0.25, -0.2) is 31.1 Å². The molecule has 0 aliphatic heterocycles.